The van der Waals surface area contributed by atoms with Crippen LogP contribution in [0.5, 0.6) is 11.5 Å². The number of thioether (sulfide) groups is 1. The van der Waals surface area contributed by atoms with Gasteiger partial charge in [-0.3, -0.25) is 9.36 Å². The summed E-state index contributed by atoms with van der Waals surface area (Å²) >= 11 is 1.33. The minimum Gasteiger partial charge on any atom is -0.497 e. The predicted octanol–water partition coefficient (Wildman–Crippen LogP) is 3.40. The zero-order chi connectivity index (χ0) is 19.2. The van der Waals surface area contributed by atoms with E-state index in [1.165, 1.54) is 11.8 Å². The van der Waals surface area contributed by atoms with Gasteiger partial charge in [0.2, 0.25) is 5.91 Å². The van der Waals surface area contributed by atoms with Gasteiger partial charge in [0.05, 0.1) is 25.2 Å². The first-order valence-corrected chi connectivity index (χ1v) is 9.15. The standard InChI is InChI=1S/C19H20N4O3S/c1-13(18(24)21-16-11-15(25-2)9-10-17(16)26-3)27-19-22-20-12-23(19)14-7-5-4-6-8-14/h4-13H,1-3H3,(H,21,24). The molecule has 1 unspecified atom stereocenters. The quantitative estimate of drug-likeness (QED) is 0.629. The molecule has 1 N–H and O–H groups in total. The maximum Gasteiger partial charge on any atom is 0.237 e. The molecule has 3 rings (SSSR count). The third-order valence-corrected chi connectivity index (χ3v) is 4.92. The van der Waals surface area contributed by atoms with Crippen LogP contribution >= 0.6 is 11.8 Å². The molecule has 0 saturated heterocycles. The molecule has 0 radical (unpaired) electrons. The molecule has 3 aromatic rings. The van der Waals surface area contributed by atoms with Gasteiger partial charge < -0.3 is 14.8 Å². The van der Waals surface area contributed by atoms with Crippen molar-refractivity contribution in [3.63, 3.8) is 0 Å². The van der Waals surface area contributed by atoms with Crippen LogP contribution < -0.4 is 14.8 Å². The molecule has 2 aromatic carbocycles. The first-order valence-electron chi connectivity index (χ1n) is 8.27. The van der Waals surface area contributed by atoms with E-state index in [-0.39, 0.29) is 5.91 Å². The van der Waals surface area contributed by atoms with Crippen molar-refractivity contribution in [3.05, 3.63) is 54.9 Å². The van der Waals surface area contributed by atoms with Gasteiger partial charge in [-0.25, -0.2) is 0 Å². The van der Waals surface area contributed by atoms with Crippen molar-refractivity contribution in [3.8, 4) is 17.2 Å². The van der Waals surface area contributed by atoms with Gasteiger partial charge in [-0.05, 0) is 31.2 Å². The largest absolute Gasteiger partial charge is 0.497 e. The van der Waals surface area contributed by atoms with E-state index in [0.717, 1.165) is 5.69 Å². The second-order valence-corrected chi connectivity index (χ2v) is 6.94. The van der Waals surface area contributed by atoms with Crippen molar-refractivity contribution >= 4 is 23.4 Å². The lowest BCUT2D eigenvalue weighted by Gasteiger charge is -2.15. The number of nitrogens with one attached hydrogen (secondary N) is 1. The minimum absolute atomic E-state index is 0.172. The molecule has 1 heterocycles. The number of carbonyl (C=O) groups is 1. The molecule has 140 valence electrons. The van der Waals surface area contributed by atoms with Crippen molar-refractivity contribution < 1.29 is 14.3 Å². The highest BCUT2D eigenvalue weighted by Crippen LogP contribution is 2.30. The highest BCUT2D eigenvalue weighted by molar-refractivity contribution is 8.00. The Morgan fingerprint density at radius 2 is 1.93 bits per heavy atom. The average molecular weight is 384 g/mol. The Hall–Kier alpha value is -3.00. The van der Waals surface area contributed by atoms with E-state index in [1.54, 1.807) is 38.7 Å². The van der Waals surface area contributed by atoms with Crippen LogP contribution in [0.25, 0.3) is 5.69 Å². The fourth-order valence-electron chi connectivity index (χ4n) is 2.43. The van der Waals surface area contributed by atoms with Gasteiger partial charge in [-0.15, -0.1) is 10.2 Å². The lowest BCUT2D eigenvalue weighted by Crippen LogP contribution is -2.23. The number of benzene rings is 2. The van der Waals surface area contributed by atoms with E-state index < -0.39 is 5.25 Å². The summed E-state index contributed by atoms with van der Waals surface area (Å²) in [5.74, 6) is 1.03. The number of carbonyl (C=O) groups excluding carboxylic acids is 1. The van der Waals surface area contributed by atoms with Crippen molar-refractivity contribution in [1.29, 1.82) is 0 Å². The Labute approximate surface area is 161 Å². The number of rotatable bonds is 7. The lowest BCUT2D eigenvalue weighted by molar-refractivity contribution is -0.115. The zero-order valence-corrected chi connectivity index (χ0v) is 16.1. The molecule has 1 aromatic heterocycles. The number of ether oxygens (including phenoxy) is 2. The van der Waals surface area contributed by atoms with E-state index in [9.17, 15) is 4.79 Å². The number of nitrogens with zero attached hydrogens (tertiary/aromatic N) is 3. The molecule has 0 aliphatic heterocycles. The Morgan fingerprint density at radius 1 is 1.15 bits per heavy atom. The van der Waals surface area contributed by atoms with Crippen LogP contribution in [0, 0.1) is 0 Å². The molecule has 0 saturated carbocycles. The summed E-state index contributed by atoms with van der Waals surface area (Å²) in [6, 6.07) is 15.0. The van der Waals surface area contributed by atoms with Crippen LogP contribution in [0.1, 0.15) is 6.92 Å². The van der Waals surface area contributed by atoms with Gasteiger partial charge in [-0.2, -0.15) is 0 Å². The molecule has 1 amide bonds. The zero-order valence-electron chi connectivity index (χ0n) is 15.2. The summed E-state index contributed by atoms with van der Waals surface area (Å²) in [7, 11) is 3.13. The number of aromatic nitrogens is 3. The van der Waals surface area contributed by atoms with Crippen molar-refractivity contribution in [2.45, 2.75) is 17.3 Å². The van der Waals surface area contributed by atoms with Crippen LogP contribution in [-0.4, -0.2) is 40.1 Å². The lowest BCUT2D eigenvalue weighted by atomic mass is 10.2. The number of para-hydroxylation sites is 1. The molecule has 0 aliphatic carbocycles. The number of anilines is 1. The first kappa shape index (κ1) is 18.8. The fourth-order valence-corrected chi connectivity index (χ4v) is 3.27. The predicted molar refractivity (Wildman–Crippen MR) is 105 cm³/mol. The molecule has 0 bridgehead atoms. The van der Waals surface area contributed by atoms with Crippen LogP contribution in [0.3, 0.4) is 0 Å². The van der Waals surface area contributed by atoms with Crippen LogP contribution in [0.4, 0.5) is 5.69 Å². The van der Waals surface area contributed by atoms with Gasteiger partial charge in [0.1, 0.15) is 17.8 Å². The fraction of sp³-hybridized carbons (Fsp3) is 0.211. The molecule has 1 atom stereocenters. The summed E-state index contributed by atoms with van der Waals surface area (Å²) in [4.78, 5) is 12.7. The number of hydrogen-bond donors (Lipinski definition) is 1. The smallest absolute Gasteiger partial charge is 0.237 e. The van der Waals surface area contributed by atoms with E-state index in [4.69, 9.17) is 9.47 Å². The monoisotopic (exact) mass is 384 g/mol. The molecule has 0 fully saturated rings. The third-order valence-electron chi connectivity index (χ3n) is 3.87. The molecular weight excluding hydrogens is 364 g/mol. The number of methoxy groups -OCH3 is 2. The van der Waals surface area contributed by atoms with E-state index in [0.29, 0.717) is 22.3 Å². The van der Waals surface area contributed by atoms with Crippen molar-refractivity contribution in [1.82, 2.24) is 14.8 Å². The summed E-state index contributed by atoms with van der Waals surface area (Å²) in [5, 5.41) is 11.2. The van der Waals surface area contributed by atoms with Crippen LogP contribution in [0.2, 0.25) is 0 Å². The molecule has 27 heavy (non-hydrogen) atoms. The number of amides is 1. The minimum atomic E-state index is -0.396. The van der Waals surface area contributed by atoms with E-state index >= 15 is 0 Å². The van der Waals surface area contributed by atoms with E-state index in [1.807, 2.05) is 41.8 Å². The SMILES string of the molecule is COc1ccc(OC)c(NC(=O)C(C)Sc2nncn2-c2ccccc2)c1. The highest BCUT2D eigenvalue weighted by Gasteiger charge is 2.20. The summed E-state index contributed by atoms with van der Waals surface area (Å²) in [6.45, 7) is 1.82. The summed E-state index contributed by atoms with van der Waals surface area (Å²) < 4.78 is 12.4. The Kier molecular flexibility index (Phi) is 5.97. The third kappa shape index (κ3) is 4.40. The molecule has 0 spiro atoms. The number of hydrogen-bond acceptors (Lipinski definition) is 6. The van der Waals surface area contributed by atoms with Gasteiger partial charge >= 0.3 is 0 Å². The topological polar surface area (TPSA) is 78.3 Å². The molecule has 8 heteroatoms. The maximum absolute atomic E-state index is 12.7. The van der Waals surface area contributed by atoms with Crippen LogP contribution in [-0.2, 0) is 4.79 Å². The van der Waals surface area contributed by atoms with Crippen molar-refractivity contribution in [2.24, 2.45) is 0 Å². The first-order chi connectivity index (χ1) is 13.1. The van der Waals surface area contributed by atoms with Crippen molar-refractivity contribution in [2.75, 3.05) is 19.5 Å². The Morgan fingerprint density at radius 3 is 2.63 bits per heavy atom. The average Bonchev–Trinajstić information content (AvgIpc) is 3.16. The molecule has 0 aliphatic rings. The van der Waals surface area contributed by atoms with Crippen LogP contribution in [0.15, 0.2) is 60.0 Å². The van der Waals surface area contributed by atoms with Gasteiger partial charge in [-0.1, -0.05) is 30.0 Å². The van der Waals surface area contributed by atoms with E-state index in [2.05, 4.69) is 15.5 Å². The molecule has 7 nitrogen and oxygen atoms in total. The molecular formula is C19H20N4O3S. The van der Waals surface area contributed by atoms with Gasteiger partial charge in [0.25, 0.3) is 0 Å². The Balaban J connectivity index is 1.74. The highest BCUT2D eigenvalue weighted by atomic mass is 32.2. The summed E-state index contributed by atoms with van der Waals surface area (Å²) in [5.41, 5.74) is 1.49. The maximum atomic E-state index is 12.7. The second-order valence-electron chi connectivity index (χ2n) is 5.63. The second kappa shape index (κ2) is 8.59. The summed E-state index contributed by atoms with van der Waals surface area (Å²) in [6.07, 6.45) is 1.63. The van der Waals surface area contributed by atoms with Gasteiger partial charge in [0, 0.05) is 11.8 Å². The Bertz CT molecular complexity index is 914. The van der Waals surface area contributed by atoms with Gasteiger partial charge in [0.15, 0.2) is 5.16 Å². The normalized spacial score (nSPS) is 11.7.